The zero-order valence-corrected chi connectivity index (χ0v) is 11.7. The number of hydrogen-bond donors (Lipinski definition) is 1. The van der Waals surface area contributed by atoms with E-state index in [1.807, 2.05) is 0 Å². The number of fused-ring (bicyclic) bond motifs is 1. The maximum Gasteiger partial charge on any atom is 0.298 e. The van der Waals surface area contributed by atoms with Crippen molar-refractivity contribution in [2.45, 2.75) is 24.9 Å². The van der Waals surface area contributed by atoms with E-state index >= 15 is 0 Å². The molecular formula is C15H17N3O3. The lowest BCUT2D eigenvalue weighted by molar-refractivity contribution is -0.151. The van der Waals surface area contributed by atoms with Gasteiger partial charge in [0.1, 0.15) is 5.52 Å². The molecule has 4 rings (SSSR count). The second-order valence-electron chi connectivity index (χ2n) is 5.85. The lowest BCUT2D eigenvalue weighted by Gasteiger charge is -2.48. The van der Waals surface area contributed by atoms with Gasteiger partial charge in [-0.1, -0.05) is 0 Å². The molecule has 2 aromatic rings. The Hall–Kier alpha value is -2.08. The van der Waals surface area contributed by atoms with Gasteiger partial charge in [0, 0.05) is 18.5 Å². The van der Waals surface area contributed by atoms with Gasteiger partial charge in [-0.2, -0.15) is 4.98 Å². The largest absolute Gasteiger partial charge is 0.423 e. The average Bonchev–Trinajstić information content (AvgIpc) is 2.88. The van der Waals surface area contributed by atoms with Gasteiger partial charge < -0.3 is 19.8 Å². The predicted octanol–water partition coefficient (Wildman–Crippen LogP) is 1.69. The third kappa shape index (κ3) is 2.06. The highest BCUT2D eigenvalue weighted by Crippen LogP contribution is 2.37. The molecule has 2 aliphatic rings. The molecule has 0 aliphatic carbocycles. The van der Waals surface area contributed by atoms with Gasteiger partial charge in [0.25, 0.3) is 6.01 Å². The molecule has 2 N–H and O–H groups in total. The summed E-state index contributed by atoms with van der Waals surface area (Å²) in [6.45, 7) is 2.59. The number of primary amides is 1. The summed E-state index contributed by atoms with van der Waals surface area (Å²) in [7, 11) is 0. The van der Waals surface area contributed by atoms with E-state index in [-0.39, 0.29) is 5.60 Å². The van der Waals surface area contributed by atoms with Crippen LogP contribution in [0.5, 0.6) is 0 Å². The van der Waals surface area contributed by atoms with Crippen LogP contribution in [0.25, 0.3) is 11.1 Å². The van der Waals surface area contributed by atoms with Crippen molar-refractivity contribution in [3.8, 4) is 0 Å². The lowest BCUT2D eigenvalue weighted by Crippen LogP contribution is -2.56. The third-order valence-electron chi connectivity index (χ3n) is 4.44. The molecule has 1 atom stereocenters. The predicted molar refractivity (Wildman–Crippen MR) is 77.3 cm³/mol. The molecule has 1 spiro atoms. The topological polar surface area (TPSA) is 81.6 Å². The van der Waals surface area contributed by atoms with Crippen molar-refractivity contribution in [1.29, 1.82) is 0 Å². The van der Waals surface area contributed by atoms with Gasteiger partial charge in [-0.25, -0.2) is 0 Å². The highest BCUT2D eigenvalue weighted by atomic mass is 16.5. The molecule has 0 saturated carbocycles. The van der Waals surface area contributed by atoms with E-state index in [9.17, 15) is 4.79 Å². The number of anilines is 1. The summed E-state index contributed by atoms with van der Waals surface area (Å²) in [4.78, 5) is 17.9. The molecule has 2 fully saturated rings. The summed E-state index contributed by atoms with van der Waals surface area (Å²) < 4.78 is 11.6. The van der Waals surface area contributed by atoms with Crippen LogP contribution in [-0.4, -0.2) is 36.2 Å². The number of nitrogens with two attached hydrogens (primary N) is 1. The highest BCUT2D eigenvalue weighted by molar-refractivity contribution is 5.96. The van der Waals surface area contributed by atoms with Crippen LogP contribution in [0.4, 0.5) is 6.01 Å². The molecule has 2 aliphatic heterocycles. The molecule has 1 amide bonds. The van der Waals surface area contributed by atoms with Gasteiger partial charge in [-0.3, -0.25) is 4.79 Å². The van der Waals surface area contributed by atoms with E-state index in [2.05, 4.69) is 9.88 Å². The Bertz CT molecular complexity index is 705. The SMILES string of the molecule is NC(=O)c1ccc2oc(N3CCCC4(CCO4)C3)nc2c1. The van der Waals surface area contributed by atoms with E-state index in [0.717, 1.165) is 39.0 Å². The molecule has 110 valence electrons. The summed E-state index contributed by atoms with van der Waals surface area (Å²) in [6, 6.07) is 5.67. The molecule has 1 unspecified atom stereocenters. The normalized spacial score (nSPS) is 25.2. The second kappa shape index (κ2) is 4.46. The number of ether oxygens (including phenoxy) is 1. The van der Waals surface area contributed by atoms with E-state index in [1.54, 1.807) is 18.2 Å². The van der Waals surface area contributed by atoms with Gasteiger partial charge in [0.05, 0.1) is 18.8 Å². The number of oxazole rings is 1. The van der Waals surface area contributed by atoms with Gasteiger partial charge in [-0.15, -0.1) is 0 Å². The number of benzene rings is 1. The molecule has 21 heavy (non-hydrogen) atoms. The molecule has 0 radical (unpaired) electrons. The van der Waals surface area contributed by atoms with Crippen LogP contribution >= 0.6 is 0 Å². The quantitative estimate of drug-likeness (QED) is 0.909. The van der Waals surface area contributed by atoms with Crippen LogP contribution in [0.1, 0.15) is 29.6 Å². The molecule has 2 saturated heterocycles. The Morgan fingerprint density at radius 3 is 2.95 bits per heavy atom. The van der Waals surface area contributed by atoms with Crippen molar-refractivity contribution in [3.63, 3.8) is 0 Å². The second-order valence-corrected chi connectivity index (χ2v) is 5.85. The number of aromatic nitrogens is 1. The first-order valence-electron chi connectivity index (χ1n) is 7.25. The fraction of sp³-hybridized carbons (Fsp3) is 0.467. The smallest absolute Gasteiger partial charge is 0.298 e. The number of carbonyl (C=O) groups excluding carboxylic acids is 1. The van der Waals surface area contributed by atoms with Crippen molar-refractivity contribution in [2.24, 2.45) is 5.73 Å². The Kier molecular flexibility index (Phi) is 2.68. The molecule has 0 bridgehead atoms. The van der Waals surface area contributed by atoms with Crippen LogP contribution in [0.3, 0.4) is 0 Å². The molecular weight excluding hydrogens is 270 g/mol. The fourth-order valence-corrected chi connectivity index (χ4v) is 3.18. The van der Waals surface area contributed by atoms with E-state index in [4.69, 9.17) is 14.9 Å². The summed E-state index contributed by atoms with van der Waals surface area (Å²) in [5.74, 6) is -0.457. The van der Waals surface area contributed by atoms with Crippen LogP contribution in [0, 0.1) is 0 Å². The molecule has 6 heteroatoms. The molecule has 1 aromatic carbocycles. The summed E-state index contributed by atoms with van der Waals surface area (Å²) in [5, 5.41) is 0. The van der Waals surface area contributed by atoms with E-state index in [0.29, 0.717) is 22.7 Å². The maximum atomic E-state index is 11.2. The van der Waals surface area contributed by atoms with E-state index < -0.39 is 5.91 Å². The van der Waals surface area contributed by atoms with Gasteiger partial charge in [0.2, 0.25) is 5.91 Å². The molecule has 6 nitrogen and oxygen atoms in total. The first-order valence-corrected chi connectivity index (χ1v) is 7.25. The van der Waals surface area contributed by atoms with Crippen molar-refractivity contribution < 1.29 is 13.9 Å². The van der Waals surface area contributed by atoms with E-state index in [1.165, 1.54) is 0 Å². The zero-order chi connectivity index (χ0) is 14.4. The summed E-state index contributed by atoms with van der Waals surface area (Å²) >= 11 is 0. The number of carbonyl (C=O) groups is 1. The van der Waals surface area contributed by atoms with Crippen molar-refractivity contribution >= 4 is 23.0 Å². The maximum absolute atomic E-state index is 11.2. The molecule has 1 aromatic heterocycles. The van der Waals surface area contributed by atoms with Gasteiger partial charge in [-0.05, 0) is 31.0 Å². The Morgan fingerprint density at radius 1 is 1.38 bits per heavy atom. The number of hydrogen-bond acceptors (Lipinski definition) is 5. The standard InChI is InChI=1S/C15H17N3O3/c16-13(19)10-2-3-12-11(8-10)17-14(21-12)18-6-1-4-15(9-18)5-7-20-15/h2-3,8H,1,4-7,9H2,(H2,16,19). The Morgan fingerprint density at radius 2 is 2.24 bits per heavy atom. The first-order chi connectivity index (χ1) is 10.2. The Balaban J connectivity index is 1.65. The van der Waals surface area contributed by atoms with Crippen LogP contribution in [0.15, 0.2) is 22.6 Å². The monoisotopic (exact) mass is 287 g/mol. The lowest BCUT2D eigenvalue weighted by atomic mass is 9.86. The first kappa shape index (κ1) is 12.6. The minimum atomic E-state index is -0.457. The van der Waals surface area contributed by atoms with Crippen LogP contribution < -0.4 is 10.6 Å². The number of nitrogens with zero attached hydrogens (tertiary/aromatic N) is 2. The zero-order valence-electron chi connectivity index (χ0n) is 11.7. The molecule has 3 heterocycles. The number of rotatable bonds is 2. The Labute approximate surface area is 121 Å². The fourth-order valence-electron chi connectivity index (χ4n) is 3.18. The van der Waals surface area contributed by atoms with Gasteiger partial charge in [0.15, 0.2) is 5.58 Å². The third-order valence-corrected chi connectivity index (χ3v) is 4.44. The van der Waals surface area contributed by atoms with Crippen LogP contribution in [0.2, 0.25) is 0 Å². The minimum Gasteiger partial charge on any atom is -0.423 e. The summed E-state index contributed by atoms with van der Waals surface area (Å²) in [5.41, 5.74) is 7.07. The van der Waals surface area contributed by atoms with Gasteiger partial charge >= 0.3 is 0 Å². The van der Waals surface area contributed by atoms with Crippen molar-refractivity contribution in [2.75, 3.05) is 24.6 Å². The van der Waals surface area contributed by atoms with Crippen molar-refractivity contribution in [1.82, 2.24) is 4.98 Å². The van der Waals surface area contributed by atoms with Crippen LogP contribution in [-0.2, 0) is 4.74 Å². The highest BCUT2D eigenvalue weighted by Gasteiger charge is 2.43. The number of amides is 1. The summed E-state index contributed by atoms with van der Waals surface area (Å²) in [6.07, 6.45) is 3.29. The van der Waals surface area contributed by atoms with Crippen molar-refractivity contribution in [3.05, 3.63) is 23.8 Å². The number of piperidine rings is 1. The minimum absolute atomic E-state index is 0.00269. The average molecular weight is 287 g/mol.